The van der Waals surface area contributed by atoms with Crippen molar-refractivity contribution in [3.8, 4) is 5.69 Å². The van der Waals surface area contributed by atoms with Gasteiger partial charge in [-0.2, -0.15) is 5.10 Å². The van der Waals surface area contributed by atoms with Crippen LogP contribution in [0, 0.1) is 0 Å². The third kappa shape index (κ3) is 3.54. The Morgan fingerprint density at radius 2 is 1.71 bits per heavy atom. The fraction of sp³-hybridized carbons (Fsp3) is 0.118. The summed E-state index contributed by atoms with van der Waals surface area (Å²) in [5.74, 6) is 0.863. The molecule has 0 aliphatic carbocycles. The second kappa shape index (κ2) is 6.61. The summed E-state index contributed by atoms with van der Waals surface area (Å²) in [6.45, 7) is 0.590. The van der Waals surface area contributed by atoms with E-state index in [0.717, 1.165) is 22.7 Å². The van der Waals surface area contributed by atoms with E-state index in [1.165, 1.54) is 4.90 Å². The molecule has 0 radical (unpaired) electrons. The molecule has 0 amide bonds. The highest BCUT2D eigenvalue weighted by molar-refractivity contribution is 7.98. The van der Waals surface area contributed by atoms with Crippen LogP contribution >= 0.6 is 11.8 Å². The zero-order valence-electron chi connectivity index (χ0n) is 11.6. The highest BCUT2D eigenvalue weighted by Crippen LogP contribution is 2.22. The SMILES string of the molecule is NCc1ccc(SCc2ccn(-c3ccccc3)n2)cc1. The molecule has 0 atom stereocenters. The summed E-state index contributed by atoms with van der Waals surface area (Å²) in [6.07, 6.45) is 2.00. The molecule has 3 rings (SSSR count). The van der Waals surface area contributed by atoms with Gasteiger partial charge in [0.2, 0.25) is 0 Å². The third-order valence-electron chi connectivity index (χ3n) is 3.21. The van der Waals surface area contributed by atoms with Gasteiger partial charge in [-0.1, -0.05) is 30.3 Å². The van der Waals surface area contributed by atoms with Gasteiger partial charge >= 0.3 is 0 Å². The number of aromatic nitrogens is 2. The molecule has 4 heteroatoms. The average molecular weight is 295 g/mol. The van der Waals surface area contributed by atoms with Crippen molar-refractivity contribution >= 4 is 11.8 Å². The Morgan fingerprint density at radius 3 is 2.43 bits per heavy atom. The standard InChI is InChI=1S/C17H17N3S/c18-12-14-6-8-17(9-7-14)21-13-15-10-11-20(19-15)16-4-2-1-3-5-16/h1-11H,12-13,18H2. The number of thioether (sulfide) groups is 1. The Balaban J connectivity index is 1.64. The maximum absolute atomic E-state index is 5.60. The fourth-order valence-electron chi connectivity index (χ4n) is 2.04. The first-order valence-corrected chi connectivity index (χ1v) is 7.85. The van der Waals surface area contributed by atoms with Gasteiger partial charge < -0.3 is 5.73 Å². The molecule has 106 valence electrons. The first-order chi connectivity index (χ1) is 10.3. The van der Waals surface area contributed by atoms with Gasteiger partial charge in [-0.25, -0.2) is 4.68 Å². The largest absolute Gasteiger partial charge is 0.326 e. The summed E-state index contributed by atoms with van der Waals surface area (Å²) in [5, 5.41) is 4.61. The topological polar surface area (TPSA) is 43.8 Å². The van der Waals surface area contributed by atoms with E-state index >= 15 is 0 Å². The smallest absolute Gasteiger partial charge is 0.0731 e. The predicted octanol–water partition coefficient (Wildman–Crippen LogP) is 3.62. The Morgan fingerprint density at radius 1 is 0.952 bits per heavy atom. The number of rotatable bonds is 5. The van der Waals surface area contributed by atoms with Crippen LogP contribution in [-0.4, -0.2) is 9.78 Å². The van der Waals surface area contributed by atoms with Crippen LogP contribution < -0.4 is 5.73 Å². The second-order valence-corrected chi connectivity index (χ2v) is 5.77. The van der Waals surface area contributed by atoms with Gasteiger partial charge in [-0.05, 0) is 35.9 Å². The molecular weight excluding hydrogens is 278 g/mol. The molecule has 1 aromatic heterocycles. The van der Waals surface area contributed by atoms with Gasteiger partial charge in [0.15, 0.2) is 0 Å². The predicted molar refractivity (Wildman–Crippen MR) is 87.5 cm³/mol. The molecule has 0 aliphatic rings. The molecule has 3 nitrogen and oxygen atoms in total. The Kier molecular flexibility index (Phi) is 4.38. The number of para-hydroxylation sites is 1. The van der Waals surface area contributed by atoms with Crippen LogP contribution in [0.1, 0.15) is 11.3 Å². The Labute approximate surface area is 128 Å². The van der Waals surface area contributed by atoms with E-state index < -0.39 is 0 Å². The quantitative estimate of drug-likeness (QED) is 0.731. The van der Waals surface area contributed by atoms with Crippen molar-refractivity contribution in [2.45, 2.75) is 17.2 Å². The van der Waals surface area contributed by atoms with Crippen molar-refractivity contribution in [3.05, 3.63) is 78.1 Å². The molecule has 0 saturated heterocycles. The van der Waals surface area contributed by atoms with E-state index in [1.807, 2.05) is 29.1 Å². The van der Waals surface area contributed by atoms with Gasteiger partial charge in [-0.3, -0.25) is 0 Å². The molecule has 3 aromatic rings. The minimum Gasteiger partial charge on any atom is -0.326 e. The van der Waals surface area contributed by atoms with Gasteiger partial charge in [-0.15, -0.1) is 11.8 Å². The highest BCUT2D eigenvalue weighted by Gasteiger charge is 2.02. The molecule has 0 saturated carbocycles. The zero-order chi connectivity index (χ0) is 14.5. The van der Waals surface area contributed by atoms with Gasteiger partial charge in [0.05, 0.1) is 11.4 Å². The van der Waals surface area contributed by atoms with Gasteiger partial charge in [0.1, 0.15) is 0 Å². The Bertz CT molecular complexity index is 690. The molecular formula is C17H17N3S. The number of nitrogens with zero attached hydrogens (tertiary/aromatic N) is 2. The molecule has 0 fully saturated rings. The summed E-state index contributed by atoms with van der Waals surface area (Å²) < 4.78 is 1.91. The van der Waals surface area contributed by atoms with Gasteiger partial charge in [0.25, 0.3) is 0 Å². The minimum atomic E-state index is 0.590. The van der Waals surface area contributed by atoms with Crippen LogP contribution in [0.25, 0.3) is 5.69 Å². The maximum Gasteiger partial charge on any atom is 0.0731 e. The molecule has 2 aromatic carbocycles. The van der Waals surface area contributed by atoms with Crippen LogP contribution in [0.3, 0.4) is 0 Å². The molecule has 0 bridgehead atoms. The summed E-state index contributed by atoms with van der Waals surface area (Å²) in [6, 6.07) is 20.6. The zero-order valence-corrected chi connectivity index (χ0v) is 12.5. The first kappa shape index (κ1) is 13.9. The fourth-order valence-corrected chi connectivity index (χ4v) is 2.84. The normalized spacial score (nSPS) is 10.7. The van der Waals surface area contributed by atoms with E-state index in [2.05, 4.69) is 47.6 Å². The lowest BCUT2D eigenvalue weighted by molar-refractivity contribution is 0.859. The van der Waals surface area contributed by atoms with Crippen molar-refractivity contribution < 1.29 is 0 Å². The van der Waals surface area contributed by atoms with E-state index in [9.17, 15) is 0 Å². The van der Waals surface area contributed by atoms with Crippen LogP contribution in [0.5, 0.6) is 0 Å². The first-order valence-electron chi connectivity index (χ1n) is 6.87. The van der Waals surface area contributed by atoms with E-state index in [0.29, 0.717) is 6.54 Å². The number of benzene rings is 2. The summed E-state index contributed by atoms with van der Waals surface area (Å²) in [7, 11) is 0. The molecule has 1 heterocycles. The summed E-state index contributed by atoms with van der Waals surface area (Å²) in [4.78, 5) is 1.24. The minimum absolute atomic E-state index is 0.590. The van der Waals surface area contributed by atoms with Crippen molar-refractivity contribution in [2.75, 3.05) is 0 Å². The van der Waals surface area contributed by atoms with Gasteiger partial charge in [0, 0.05) is 23.4 Å². The third-order valence-corrected chi connectivity index (χ3v) is 4.26. The molecule has 2 N–H and O–H groups in total. The molecule has 0 spiro atoms. The van der Waals surface area contributed by atoms with Crippen LogP contribution in [0.15, 0.2) is 71.8 Å². The van der Waals surface area contributed by atoms with E-state index in [1.54, 1.807) is 11.8 Å². The molecule has 21 heavy (non-hydrogen) atoms. The number of hydrogen-bond acceptors (Lipinski definition) is 3. The van der Waals surface area contributed by atoms with Crippen molar-refractivity contribution in [1.82, 2.24) is 9.78 Å². The van der Waals surface area contributed by atoms with E-state index in [-0.39, 0.29) is 0 Å². The summed E-state index contributed by atoms with van der Waals surface area (Å²) >= 11 is 1.78. The van der Waals surface area contributed by atoms with E-state index in [4.69, 9.17) is 5.73 Å². The monoisotopic (exact) mass is 295 g/mol. The van der Waals surface area contributed by atoms with Crippen LogP contribution in [0.2, 0.25) is 0 Å². The lowest BCUT2D eigenvalue weighted by atomic mass is 10.2. The van der Waals surface area contributed by atoms with Crippen LogP contribution in [-0.2, 0) is 12.3 Å². The average Bonchev–Trinajstić information content (AvgIpc) is 3.03. The lowest BCUT2D eigenvalue weighted by Gasteiger charge is -2.02. The second-order valence-electron chi connectivity index (χ2n) is 4.72. The van der Waals surface area contributed by atoms with Crippen molar-refractivity contribution in [2.24, 2.45) is 5.73 Å². The Hall–Kier alpha value is -2.04. The maximum atomic E-state index is 5.60. The number of hydrogen-bond donors (Lipinski definition) is 1. The highest BCUT2D eigenvalue weighted by atomic mass is 32.2. The van der Waals surface area contributed by atoms with Crippen LogP contribution in [0.4, 0.5) is 0 Å². The number of nitrogens with two attached hydrogens (primary N) is 1. The summed E-state index contributed by atoms with van der Waals surface area (Å²) in [5.41, 5.74) is 8.92. The lowest BCUT2D eigenvalue weighted by Crippen LogP contribution is -1.95. The molecule has 0 unspecified atom stereocenters. The van der Waals surface area contributed by atoms with Crippen molar-refractivity contribution in [1.29, 1.82) is 0 Å². The van der Waals surface area contributed by atoms with Crippen molar-refractivity contribution in [3.63, 3.8) is 0 Å². The molecule has 0 aliphatic heterocycles.